The van der Waals surface area contributed by atoms with E-state index in [-0.39, 0.29) is 5.92 Å². The molecule has 77 valence electrons. The van der Waals surface area contributed by atoms with E-state index in [1.165, 1.54) is 11.1 Å². The fourth-order valence-electron chi connectivity index (χ4n) is 1.65. The molecule has 1 atom stereocenters. The van der Waals surface area contributed by atoms with Crippen molar-refractivity contribution < 1.29 is 4.74 Å². The number of benzene rings is 1. The number of methoxy groups -OCH3 is 1. The summed E-state index contributed by atoms with van der Waals surface area (Å²) in [6.07, 6.45) is 0. The Balaban J connectivity index is 3.25. The van der Waals surface area contributed by atoms with Crippen molar-refractivity contribution in [3.05, 3.63) is 36.2 Å². The highest BCUT2D eigenvalue weighted by Crippen LogP contribution is 2.33. The molecule has 1 nitrogen and oxygen atoms in total. The van der Waals surface area contributed by atoms with Gasteiger partial charge in [0.25, 0.3) is 0 Å². The molecule has 1 aromatic carbocycles. The van der Waals surface area contributed by atoms with Crippen LogP contribution in [-0.4, -0.2) is 7.11 Å². The van der Waals surface area contributed by atoms with Gasteiger partial charge in [0.15, 0.2) is 0 Å². The van der Waals surface area contributed by atoms with Crippen LogP contribution in [0.4, 0.5) is 0 Å². The molecule has 0 spiro atoms. The second kappa shape index (κ2) is 4.50. The normalized spacial score (nSPS) is 11.1. The van der Waals surface area contributed by atoms with Crippen LogP contribution in [0.5, 0.6) is 5.75 Å². The predicted molar refractivity (Wildman–Crippen MR) is 60.9 cm³/mol. The summed E-state index contributed by atoms with van der Waals surface area (Å²) in [5, 5.41) is 0. The average Bonchev–Trinajstić information content (AvgIpc) is 2.16. The fraction of sp³-hybridized carbons (Fsp3) is 0.462. The van der Waals surface area contributed by atoms with Gasteiger partial charge in [-0.25, -0.2) is 0 Å². The van der Waals surface area contributed by atoms with E-state index >= 15 is 0 Å². The van der Waals surface area contributed by atoms with Gasteiger partial charge < -0.3 is 4.74 Å². The highest BCUT2D eigenvalue weighted by Gasteiger charge is 2.13. The highest BCUT2D eigenvalue weighted by molar-refractivity contribution is 5.45. The zero-order valence-electron chi connectivity index (χ0n) is 9.50. The lowest BCUT2D eigenvalue weighted by Crippen LogP contribution is -2.00. The van der Waals surface area contributed by atoms with Crippen LogP contribution >= 0.6 is 0 Å². The van der Waals surface area contributed by atoms with Gasteiger partial charge in [0.2, 0.25) is 0 Å². The molecule has 0 aliphatic heterocycles. The van der Waals surface area contributed by atoms with Gasteiger partial charge in [0.1, 0.15) is 5.75 Å². The maximum absolute atomic E-state index is 5.46. The molecule has 0 fully saturated rings. The van der Waals surface area contributed by atoms with Crippen LogP contribution in [0.15, 0.2) is 18.2 Å². The van der Waals surface area contributed by atoms with Gasteiger partial charge in [-0.3, -0.25) is 0 Å². The van der Waals surface area contributed by atoms with E-state index in [4.69, 9.17) is 4.74 Å². The van der Waals surface area contributed by atoms with Crippen LogP contribution in [-0.2, 0) is 0 Å². The molecule has 0 N–H and O–H groups in total. The SMILES string of the molecule is [CH2]C(C)c1cccc(C(C)C)c1OC. The maximum Gasteiger partial charge on any atom is 0.125 e. The largest absolute Gasteiger partial charge is 0.496 e. The first-order valence-corrected chi connectivity index (χ1v) is 5.07. The van der Waals surface area contributed by atoms with Crippen LogP contribution in [0.3, 0.4) is 0 Å². The Morgan fingerprint density at radius 1 is 1.14 bits per heavy atom. The summed E-state index contributed by atoms with van der Waals surface area (Å²) in [5.41, 5.74) is 2.46. The third-order valence-electron chi connectivity index (χ3n) is 2.43. The van der Waals surface area contributed by atoms with Gasteiger partial charge in [0, 0.05) is 0 Å². The van der Waals surface area contributed by atoms with Gasteiger partial charge in [-0.15, -0.1) is 0 Å². The summed E-state index contributed by atoms with van der Waals surface area (Å²) in [7, 11) is 1.73. The van der Waals surface area contributed by atoms with Crippen LogP contribution in [0.2, 0.25) is 0 Å². The van der Waals surface area contributed by atoms with E-state index in [2.05, 4.69) is 45.9 Å². The summed E-state index contributed by atoms with van der Waals surface area (Å²) >= 11 is 0. The van der Waals surface area contributed by atoms with Crippen LogP contribution < -0.4 is 4.74 Å². The third kappa shape index (κ3) is 2.09. The number of rotatable bonds is 3. The smallest absolute Gasteiger partial charge is 0.125 e. The van der Waals surface area contributed by atoms with Gasteiger partial charge in [-0.2, -0.15) is 0 Å². The summed E-state index contributed by atoms with van der Waals surface area (Å²) in [5.74, 6) is 1.76. The molecule has 0 saturated heterocycles. The van der Waals surface area contributed by atoms with Crippen LogP contribution in [0, 0.1) is 6.92 Å². The van der Waals surface area contributed by atoms with Crippen LogP contribution in [0.25, 0.3) is 0 Å². The number of ether oxygens (including phenoxy) is 1. The van der Waals surface area contributed by atoms with E-state index < -0.39 is 0 Å². The minimum Gasteiger partial charge on any atom is -0.496 e. The second-order valence-electron chi connectivity index (χ2n) is 4.03. The van der Waals surface area contributed by atoms with Crippen molar-refractivity contribution in [1.82, 2.24) is 0 Å². The van der Waals surface area contributed by atoms with E-state index in [0.29, 0.717) is 5.92 Å². The summed E-state index contributed by atoms with van der Waals surface area (Å²) in [6.45, 7) is 10.5. The first-order chi connectivity index (χ1) is 6.57. The lowest BCUT2D eigenvalue weighted by atomic mass is 9.94. The molecule has 0 bridgehead atoms. The Labute approximate surface area is 87.1 Å². The third-order valence-corrected chi connectivity index (χ3v) is 2.43. The first kappa shape index (κ1) is 11.1. The Hall–Kier alpha value is -0.980. The average molecular weight is 191 g/mol. The Bertz CT molecular complexity index is 274. The molecular formula is C13H19O. The molecule has 0 aromatic heterocycles. The molecule has 14 heavy (non-hydrogen) atoms. The first-order valence-electron chi connectivity index (χ1n) is 5.07. The van der Waals surface area contributed by atoms with E-state index in [9.17, 15) is 0 Å². The molecule has 1 heteroatoms. The molecule has 1 unspecified atom stereocenters. The monoisotopic (exact) mass is 191 g/mol. The van der Waals surface area contributed by atoms with Crippen molar-refractivity contribution in [2.45, 2.75) is 32.6 Å². The van der Waals surface area contributed by atoms with Crippen molar-refractivity contribution in [2.75, 3.05) is 7.11 Å². The molecule has 0 amide bonds. The van der Waals surface area contributed by atoms with Crippen molar-refractivity contribution in [3.63, 3.8) is 0 Å². The van der Waals surface area contributed by atoms with Crippen molar-refractivity contribution in [1.29, 1.82) is 0 Å². The minimum atomic E-state index is 0.267. The number of para-hydroxylation sites is 1. The molecule has 0 saturated carbocycles. The molecule has 0 aliphatic rings. The van der Waals surface area contributed by atoms with E-state index in [1.807, 2.05) is 0 Å². The lowest BCUT2D eigenvalue weighted by molar-refractivity contribution is 0.401. The standard InChI is InChI=1S/C13H19O/c1-9(2)11-7-6-8-12(10(3)4)13(11)14-5/h6-10H,1H2,2-5H3. The maximum atomic E-state index is 5.46. The van der Waals surface area contributed by atoms with Crippen molar-refractivity contribution in [3.8, 4) is 5.75 Å². The predicted octanol–water partition coefficient (Wildman–Crippen LogP) is 3.76. The second-order valence-corrected chi connectivity index (χ2v) is 4.03. The summed E-state index contributed by atoms with van der Waals surface area (Å²) < 4.78 is 5.46. The highest BCUT2D eigenvalue weighted by atomic mass is 16.5. The fourth-order valence-corrected chi connectivity index (χ4v) is 1.65. The minimum absolute atomic E-state index is 0.267. The quantitative estimate of drug-likeness (QED) is 0.707. The van der Waals surface area contributed by atoms with Gasteiger partial charge in [0.05, 0.1) is 7.11 Å². The zero-order chi connectivity index (χ0) is 10.7. The topological polar surface area (TPSA) is 9.23 Å². The number of hydrogen-bond acceptors (Lipinski definition) is 1. The molecule has 1 aromatic rings. The molecular weight excluding hydrogens is 172 g/mol. The lowest BCUT2D eigenvalue weighted by Gasteiger charge is -2.17. The molecule has 0 aliphatic carbocycles. The Kier molecular flexibility index (Phi) is 3.56. The van der Waals surface area contributed by atoms with E-state index in [1.54, 1.807) is 7.11 Å². The van der Waals surface area contributed by atoms with Gasteiger partial charge in [-0.1, -0.05) is 39.0 Å². The Morgan fingerprint density at radius 3 is 2.14 bits per heavy atom. The summed E-state index contributed by atoms with van der Waals surface area (Å²) in [6, 6.07) is 6.28. The van der Waals surface area contributed by atoms with Crippen molar-refractivity contribution in [2.24, 2.45) is 0 Å². The molecule has 1 rings (SSSR count). The van der Waals surface area contributed by atoms with Gasteiger partial charge >= 0.3 is 0 Å². The van der Waals surface area contributed by atoms with Gasteiger partial charge in [-0.05, 0) is 29.9 Å². The van der Waals surface area contributed by atoms with Crippen LogP contribution in [0.1, 0.15) is 43.7 Å². The Morgan fingerprint density at radius 2 is 1.71 bits per heavy atom. The number of hydrogen-bond donors (Lipinski definition) is 0. The zero-order valence-corrected chi connectivity index (χ0v) is 9.50. The molecule has 1 radical (unpaired) electrons. The molecule has 0 heterocycles. The summed E-state index contributed by atoms with van der Waals surface area (Å²) in [4.78, 5) is 0. The van der Waals surface area contributed by atoms with Crippen molar-refractivity contribution >= 4 is 0 Å². The van der Waals surface area contributed by atoms with E-state index in [0.717, 1.165) is 5.75 Å².